The Morgan fingerprint density at radius 2 is 2.06 bits per heavy atom. The molecule has 1 saturated heterocycles. The van der Waals surface area contributed by atoms with Gasteiger partial charge in [0, 0.05) is 18.5 Å². The zero-order chi connectivity index (χ0) is 13.2. The molecule has 1 fully saturated rings. The number of hydrogen-bond acceptors (Lipinski definition) is 2. The van der Waals surface area contributed by atoms with Gasteiger partial charge in [0.05, 0.1) is 6.10 Å². The van der Waals surface area contributed by atoms with Crippen molar-refractivity contribution in [2.45, 2.75) is 44.8 Å². The van der Waals surface area contributed by atoms with Gasteiger partial charge >= 0.3 is 0 Å². The molecule has 98 valence electrons. The van der Waals surface area contributed by atoms with E-state index in [-0.39, 0.29) is 17.6 Å². The van der Waals surface area contributed by atoms with E-state index in [4.69, 9.17) is 0 Å². The molecule has 3 heteroatoms. The van der Waals surface area contributed by atoms with E-state index in [1.165, 1.54) is 5.56 Å². The lowest BCUT2D eigenvalue weighted by Crippen LogP contribution is -2.42. The second-order valence-electron chi connectivity index (χ2n) is 5.66. The van der Waals surface area contributed by atoms with Crippen LogP contribution in [0.3, 0.4) is 0 Å². The monoisotopic (exact) mass is 247 g/mol. The van der Waals surface area contributed by atoms with Crippen LogP contribution in [0.1, 0.15) is 32.3 Å². The minimum absolute atomic E-state index is 0.139. The number of amides is 1. The van der Waals surface area contributed by atoms with E-state index in [0.29, 0.717) is 19.4 Å². The van der Waals surface area contributed by atoms with Gasteiger partial charge in [-0.25, -0.2) is 0 Å². The van der Waals surface area contributed by atoms with Gasteiger partial charge in [0.25, 0.3) is 0 Å². The number of aryl methyl sites for hydroxylation is 1. The fraction of sp³-hybridized carbons (Fsp3) is 0.533. The first-order valence-electron chi connectivity index (χ1n) is 6.51. The third-order valence-electron chi connectivity index (χ3n) is 3.63. The van der Waals surface area contributed by atoms with Gasteiger partial charge in [0.15, 0.2) is 0 Å². The summed E-state index contributed by atoms with van der Waals surface area (Å²) in [5.74, 6) is 0.139. The average molecular weight is 247 g/mol. The highest BCUT2D eigenvalue weighted by Gasteiger charge is 2.39. The summed E-state index contributed by atoms with van der Waals surface area (Å²) in [6.07, 6.45) is 1.58. The van der Waals surface area contributed by atoms with Crippen molar-refractivity contribution in [1.29, 1.82) is 0 Å². The predicted molar refractivity (Wildman–Crippen MR) is 71.2 cm³/mol. The van der Waals surface area contributed by atoms with Crippen molar-refractivity contribution in [2.75, 3.05) is 6.54 Å². The van der Waals surface area contributed by atoms with E-state index in [2.05, 4.69) is 0 Å². The molecule has 1 unspecified atom stereocenters. The minimum atomic E-state index is -0.374. The second kappa shape index (κ2) is 5.11. The predicted octanol–water partition coefficient (Wildman–Crippen LogP) is 1.99. The van der Waals surface area contributed by atoms with Crippen LogP contribution in [0.4, 0.5) is 0 Å². The molecule has 0 radical (unpaired) electrons. The van der Waals surface area contributed by atoms with Crippen molar-refractivity contribution in [2.24, 2.45) is 0 Å². The van der Waals surface area contributed by atoms with Crippen LogP contribution in [0.25, 0.3) is 0 Å². The number of hydrogen-bond donors (Lipinski definition) is 1. The standard InChI is InChI=1S/C15H21NO2/c1-15(2)10-13(17)11-16(15)14(18)9-8-12-6-4-3-5-7-12/h3-7,13,17H,8-11H2,1-2H3. The molecular formula is C15H21NO2. The molecule has 1 amide bonds. The van der Waals surface area contributed by atoms with Gasteiger partial charge in [-0.05, 0) is 32.3 Å². The Morgan fingerprint density at radius 3 is 2.61 bits per heavy atom. The summed E-state index contributed by atoms with van der Waals surface area (Å²) < 4.78 is 0. The third-order valence-corrected chi connectivity index (χ3v) is 3.63. The summed E-state index contributed by atoms with van der Waals surface area (Å²) in [5, 5.41) is 9.68. The van der Waals surface area contributed by atoms with E-state index in [9.17, 15) is 9.90 Å². The summed E-state index contributed by atoms with van der Waals surface area (Å²) in [6, 6.07) is 10.0. The number of rotatable bonds is 3. The molecule has 0 spiro atoms. The fourth-order valence-corrected chi connectivity index (χ4v) is 2.68. The molecule has 0 aliphatic carbocycles. The molecule has 0 bridgehead atoms. The smallest absolute Gasteiger partial charge is 0.223 e. The Labute approximate surface area is 108 Å². The molecule has 1 atom stereocenters. The van der Waals surface area contributed by atoms with Crippen LogP contribution >= 0.6 is 0 Å². The van der Waals surface area contributed by atoms with E-state index >= 15 is 0 Å². The summed E-state index contributed by atoms with van der Waals surface area (Å²) >= 11 is 0. The van der Waals surface area contributed by atoms with E-state index in [1.807, 2.05) is 49.1 Å². The zero-order valence-electron chi connectivity index (χ0n) is 11.1. The zero-order valence-corrected chi connectivity index (χ0v) is 11.1. The number of nitrogens with zero attached hydrogens (tertiary/aromatic N) is 1. The van der Waals surface area contributed by atoms with Crippen molar-refractivity contribution in [3.8, 4) is 0 Å². The maximum Gasteiger partial charge on any atom is 0.223 e. The number of benzene rings is 1. The van der Waals surface area contributed by atoms with Gasteiger partial charge in [-0.15, -0.1) is 0 Å². The lowest BCUT2D eigenvalue weighted by atomic mass is 10.0. The Bertz CT molecular complexity index is 414. The lowest BCUT2D eigenvalue weighted by molar-refractivity contribution is -0.134. The van der Waals surface area contributed by atoms with Gasteiger partial charge in [-0.3, -0.25) is 4.79 Å². The number of β-amino-alcohol motifs (C(OH)–C–C–N with tert-alkyl or cyclic N) is 1. The second-order valence-corrected chi connectivity index (χ2v) is 5.66. The Balaban J connectivity index is 1.93. The van der Waals surface area contributed by atoms with Crippen LogP contribution in [-0.4, -0.2) is 34.1 Å². The maximum atomic E-state index is 12.2. The average Bonchev–Trinajstić information content (AvgIpc) is 2.61. The molecule has 1 N–H and O–H groups in total. The van der Waals surface area contributed by atoms with Crippen LogP contribution < -0.4 is 0 Å². The summed E-state index contributed by atoms with van der Waals surface area (Å²) in [6.45, 7) is 4.51. The minimum Gasteiger partial charge on any atom is -0.391 e. The van der Waals surface area contributed by atoms with Crippen LogP contribution in [0.2, 0.25) is 0 Å². The van der Waals surface area contributed by atoms with Gasteiger partial charge < -0.3 is 10.0 Å². The first-order valence-corrected chi connectivity index (χ1v) is 6.51. The van der Waals surface area contributed by atoms with Crippen LogP contribution in [-0.2, 0) is 11.2 Å². The lowest BCUT2D eigenvalue weighted by Gasteiger charge is -2.31. The molecule has 2 rings (SSSR count). The first-order chi connectivity index (χ1) is 8.49. The molecule has 1 aromatic rings. The quantitative estimate of drug-likeness (QED) is 0.887. The van der Waals surface area contributed by atoms with Crippen molar-refractivity contribution in [3.63, 3.8) is 0 Å². The Morgan fingerprint density at radius 1 is 1.39 bits per heavy atom. The Hall–Kier alpha value is -1.35. The van der Waals surface area contributed by atoms with Gasteiger partial charge in [0.1, 0.15) is 0 Å². The molecule has 1 aliphatic rings. The van der Waals surface area contributed by atoms with E-state index < -0.39 is 0 Å². The molecule has 1 aromatic carbocycles. The molecule has 18 heavy (non-hydrogen) atoms. The molecular weight excluding hydrogens is 226 g/mol. The molecule has 0 aromatic heterocycles. The van der Waals surface area contributed by atoms with Gasteiger partial charge in [-0.1, -0.05) is 30.3 Å². The largest absolute Gasteiger partial charge is 0.391 e. The van der Waals surface area contributed by atoms with Crippen LogP contribution in [0, 0.1) is 0 Å². The highest BCUT2D eigenvalue weighted by atomic mass is 16.3. The third kappa shape index (κ3) is 2.91. The highest BCUT2D eigenvalue weighted by molar-refractivity contribution is 5.77. The summed E-state index contributed by atoms with van der Waals surface area (Å²) in [7, 11) is 0. The van der Waals surface area contributed by atoms with Crippen molar-refractivity contribution in [3.05, 3.63) is 35.9 Å². The summed E-state index contributed by atoms with van der Waals surface area (Å²) in [5.41, 5.74) is 0.969. The van der Waals surface area contributed by atoms with Gasteiger partial charge in [-0.2, -0.15) is 0 Å². The van der Waals surface area contributed by atoms with Crippen LogP contribution in [0.15, 0.2) is 30.3 Å². The first kappa shape index (κ1) is 13.1. The van der Waals surface area contributed by atoms with Crippen molar-refractivity contribution < 1.29 is 9.90 Å². The molecule has 3 nitrogen and oxygen atoms in total. The topological polar surface area (TPSA) is 40.5 Å². The number of carbonyl (C=O) groups excluding carboxylic acids is 1. The molecule has 0 saturated carbocycles. The van der Waals surface area contributed by atoms with Crippen molar-refractivity contribution >= 4 is 5.91 Å². The number of carbonyl (C=O) groups is 1. The maximum absolute atomic E-state index is 12.2. The number of aliphatic hydroxyl groups is 1. The summed E-state index contributed by atoms with van der Waals surface area (Å²) in [4.78, 5) is 14.0. The molecule has 1 aliphatic heterocycles. The Kier molecular flexibility index (Phi) is 3.71. The number of likely N-dealkylation sites (tertiary alicyclic amines) is 1. The number of aliphatic hydroxyl groups excluding tert-OH is 1. The normalized spacial score (nSPS) is 22.2. The fourth-order valence-electron chi connectivity index (χ4n) is 2.68. The van der Waals surface area contributed by atoms with Crippen molar-refractivity contribution in [1.82, 2.24) is 4.90 Å². The van der Waals surface area contributed by atoms with Crippen LogP contribution in [0.5, 0.6) is 0 Å². The highest BCUT2D eigenvalue weighted by Crippen LogP contribution is 2.29. The molecule has 1 heterocycles. The SMILES string of the molecule is CC1(C)CC(O)CN1C(=O)CCc1ccccc1. The van der Waals surface area contributed by atoms with E-state index in [1.54, 1.807) is 0 Å². The van der Waals surface area contributed by atoms with E-state index in [0.717, 1.165) is 6.42 Å². The van der Waals surface area contributed by atoms with Gasteiger partial charge in [0.2, 0.25) is 5.91 Å².